The van der Waals surface area contributed by atoms with Crippen molar-refractivity contribution in [2.45, 2.75) is 33.4 Å². The molecule has 1 atom stereocenters. The van der Waals surface area contributed by atoms with E-state index < -0.39 is 28.5 Å². The number of nitrogens with zero attached hydrogens (tertiary/aromatic N) is 2. The molecule has 180 valence electrons. The number of halogens is 1. The molecule has 0 heterocycles. The lowest BCUT2D eigenvalue weighted by Gasteiger charge is -2.32. The van der Waals surface area contributed by atoms with Crippen LogP contribution in [-0.4, -0.2) is 57.1 Å². The average Bonchev–Trinajstić information content (AvgIpc) is 2.76. The minimum atomic E-state index is -3.85. The third kappa shape index (κ3) is 7.10. The molecular formula is C23H30ClN3O5S. The zero-order valence-electron chi connectivity index (χ0n) is 19.2. The summed E-state index contributed by atoms with van der Waals surface area (Å²) in [4.78, 5) is 27.4. The molecule has 0 saturated carbocycles. The zero-order valence-corrected chi connectivity index (χ0v) is 20.8. The number of nitrogens with one attached hydrogen (secondary N) is 1. The van der Waals surface area contributed by atoms with Gasteiger partial charge >= 0.3 is 0 Å². The Balaban J connectivity index is 2.44. The number of hydrogen-bond donors (Lipinski definition) is 1. The van der Waals surface area contributed by atoms with E-state index in [2.05, 4.69) is 5.32 Å². The minimum Gasteiger partial charge on any atom is -0.492 e. The highest BCUT2D eigenvalue weighted by Crippen LogP contribution is 2.30. The molecule has 2 rings (SSSR count). The van der Waals surface area contributed by atoms with Gasteiger partial charge in [0.15, 0.2) is 0 Å². The largest absolute Gasteiger partial charge is 0.492 e. The number of likely N-dealkylation sites (N-methyl/N-ethyl adjacent to an activating group) is 1. The predicted octanol–water partition coefficient (Wildman–Crippen LogP) is 3.06. The lowest BCUT2D eigenvalue weighted by atomic mass is 10.1. The van der Waals surface area contributed by atoms with Crippen molar-refractivity contribution in [2.24, 2.45) is 0 Å². The van der Waals surface area contributed by atoms with Crippen LogP contribution in [0, 0.1) is 0 Å². The third-order valence-electron chi connectivity index (χ3n) is 4.93. The molecule has 0 saturated heterocycles. The second-order valence-electron chi connectivity index (χ2n) is 7.35. The first-order valence-corrected chi connectivity index (χ1v) is 12.8. The van der Waals surface area contributed by atoms with E-state index in [-0.39, 0.29) is 18.1 Å². The highest BCUT2D eigenvalue weighted by molar-refractivity contribution is 7.92. The molecule has 2 amide bonds. The third-order valence-corrected chi connectivity index (χ3v) is 6.43. The van der Waals surface area contributed by atoms with E-state index in [1.54, 1.807) is 69.3 Å². The van der Waals surface area contributed by atoms with Crippen LogP contribution in [0.2, 0.25) is 5.02 Å². The summed E-state index contributed by atoms with van der Waals surface area (Å²) in [6.07, 6.45) is 1.02. The minimum absolute atomic E-state index is 0.0432. The van der Waals surface area contributed by atoms with Gasteiger partial charge in [0.2, 0.25) is 21.8 Å². The van der Waals surface area contributed by atoms with Crippen molar-refractivity contribution in [3.63, 3.8) is 0 Å². The fourth-order valence-electron chi connectivity index (χ4n) is 3.25. The van der Waals surface area contributed by atoms with Crippen molar-refractivity contribution < 1.29 is 22.7 Å². The van der Waals surface area contributed by atoms with Crippen LogP contribution in [0.5, 0.6) is 5.75 Å². The molecule has 0 bridgehead atoms. The molecule has 0 spiro atoms. The fraction of sp³-hybridized carbons (Fsp3) is 0.391. The second kappa shape index (κ2) is 11.9. The fourth-order valence-corrected chi connectivity index (χ4v) is 4.30. The van der Waals surface area contributed by atoms with E-state index >= 15 is 0 Å². The molecule has 0 fully saturated rings. The second-order valence-corrected chi connectivity index (χ2v) is 9.67. The molecule has 0 aromatic heterocycles. The number of carbonyl (C=O) groups excluding carboxylic acids is 2. The number of amides is 2. The number of para-hydroxylation sites is 2. The highest BCUT2D eigenvalue weighted by Gasteiger charge is 2.31. The van der Waals surface area contributed by atoms with Gasteiger partial charge in [0.1, 0.15) is 18.3 Å². The summed E-state index contributed by atoms with van der Waals surface area (Å²) >= 11 is 6.29. The van der Waals surface area contributed by atoms with Crippen LogP contribution < -0.4 is 14.4 Å². The van der Waals surface area contributed by atoms with E-state index in [9.17, 15) is 18.0 Å². The Hall–Kier alpha value is -2.78. The van der Waals surface area contributed by atoms with E-state index in [4.69, 9.17) is 16.3 Å². The highest BCUT2D eigenvalue weighted by atomic mass is 35.5. The maximum atomic E-state index is 13.5. The van der Waals surface area contributed by atoms with Crippen LogP contribution in [0.25, 0.3) is 0 Å². The van der Waals surface area contributed by atoms with Gasteiger partial charge in [0.05, 0.1) is 18.6 Å². The zero-order chi connectivity index (χ0) is 24.6. The van der Waals surface area contributed by atoms with Crippen molar-refractivity contribution in [1.29, 1.82) is 0 Å². The Bertz CT molecular complexity index is 1080. The van der Waals surface area contributed by atoms with Gasteiger partial charge in [-0.05, 0) is 44.5 Å². The molecule has 0 aliphatic heterocycles. The van der Waals surface area contributed by atoms with E-state index in [1.807, 2.05) is 0 Å². The van der Waals surface area contributed by atoms with Crippen molar-refractivity contribution in [3.8, 4) is 5.75 Å². The van der Waals surface area contributed by atoms with Crippen LogP contribution in [0.3, 0.4) is 0 Å². The lowest BCUT2D eigenvalue weighted by Crippen LogP contribution is -2.51. The summed E-state index contributed by atoms with van der Waals surface area (Å²) in [5.74, 6) is -0.559. The Morgan fingerprint density at radius 1 is 1.09 bits per heavy atom. The van der Waals surface area contributed by atoms with Crippen LogP contribution in [0.4, 0.5) is 5.69 Å². The topological polar surface area (TPSA) is 96.0 Å². The first kappa shape index (κ1) is 26.5. The molecule has 0 unspecified atom stereocenters. The lowest BCUT2D eigenvalue weighted by molar-refractivity contribution is -0.139. The molecule has 2 aromatic carbocycles. The van der Waals surface area contributed by atoms with Crippen LogP contribution in [-0.2, 0) is 26.2 Å². The molecule has 8 nitrogen and oxygen atoms in total. The molecule has 0 radical (unpaired) electrons. The SMILES string of the molecule is CCNC(=O)[C@H](C)N(Cc1ccccc1Cl)C(=O)CN(c1ccccc1OCC)S(C)(=O)=O. The number of ether oxygens (including phenoxy) is 1. The summed E-state index contributed by atoms with van der Waals surface area (Å²) in [6, 6.07) is 12.7. The van der Waals surface area contributed by atoms with Crippen LogP contribution >= 0.6 is 11.6 Å². The van der Waals surface area contributed by atoms with E-state index in [0.29, 0.717) is 29.5 Å². The summed E-state index contributed by atoms with van der Waals surface area (Å²) in [6.45, 7) is 5.42. The van der Waals surface area contributed by atoms with E-state index in [1.165, 1.54) is 4.90 Å². The predicted molar refractivity (Wildman–Crippen MR) is 130 cm³/mol. The van der Waals surface area contributed by atoms with Crippen molar-refractivity contribution in [1.82, 2.24) is 10.2 Å². The van der Waals surface area contributed by atoms with Gasteiger partial charge in [-0.15, -0.1) is 0 Å². The average molecular weight is 496 g/mol. The van der Waals surface area contributed by atoms with Gasteiger partial charge in [-0.3, -0.25) is 13.9 Å². The molecule has 0 aliphatic carbocycles. The number of anilines is 1. The number of carbonyl (C=O) groups is 2. The first-order chi connectivity index (χ1) is 15.6. The number of sulfonamides is 1. The van der Waals surface area contributed by atoms with Gasteiger partial charge in [-0.1, -0.05) is 41.9 Å². The Morgan fingerprint density at radius 2 is 1.73 bits per heavy atom. The van der Waals surface area contributed by atoms with Gasteiger partial charge in [0, 0.05) is 18.1 Å². The maximum absolute atomic E-state index is 13.5. The van der Waals surface area contributed by atoms with Crippen LogP contribution in [0.1, 0.15) is 26.3 Å². The Kier molecular flexibility index (Phi) is 9.55. The monoisotopic (exact) mass is 495 g/mol. The number of benzene rings is 2. The molecular weight excluding hydrogens is 466 g/mol. The Morgan fingerprint density at radius 3 is 2.33 bits per heavy atom. The van der Waals surface area contributed by atoms with Crippen LogP contribution in [0.15, 0.2) is 48.5 Å². The Labute approximate surface area is 200 Å². The molecule has 1 N–H and O–H groups in total. The van der Waals surface area contributed by atoms with Crippen molar-refractivity contribution in [3.05, 3.63) is 59.1 Å². The first-order valence-electron chi connectivity index (χ1n) is 10.6. The normalized spacial score (nSPS) is 12.0. The summed E-state index contributed by atoms with van der Waals surface area (Å²) in [5, 5.41) is 3.15. The molecule has 2 aromatic rings. The standard InChI is InChI=1S/C23H30ClN3O5S/c1-5-25-23(29)17(3)26(15-18-11-7-8-12-19(18)24)22(28)16-27(33(4,30)31)20-13-9-10-14-21(20)32-6-2/h7-14,17H,5-6,15-16H2,1-4H3,(H,25,29)/t17-/m0/s1. The van der Waals surface area contributed by atoms with Gasteiger partial charge < -0.3 is 15.0 Å². The summed E-state index contributed by atoms with van der Waals surface area (Å²) in [5.41, 5.74) is 0.892. The van der Waals surface area contributed by atoms with Crippen molar-refractivity contribution >= 4 is 39.1 Å². The molecule has 0 aliphatic rings. The number of rotatable bonds is 11. The summed E-state index contributed by atoms with van der Waals surface area (Å²) in [7, 11) is -3.85. The smallest absolute Gasteiger partial charge is 0.244 e. The number of hydrogen-bond acceptors (Lipinski definition) is 5. The maximum Gasteiger partial charge on any atom is 0.244 e. The molecule has 33 heavy (non-hydrogen) atoms. The van der Waals surface area contributed by atoms with Crippen molar-refractivity contribution in [2.75, 3.05) is 30.3 Å². The van der Waals surface area contributed by atoms with Gasteiger partial charge in [-0.2, -0.15) is 0 Å². The van der Waals surface area contributed by atoms with E-state index in [0.717, 1.165) is 10.6 Å². The van der Waals surface area contributed by atoms with Gasteiger partial charge in [-0.25, -0.2) is 8.42 Å². The summed E-state index contributed by atoms with van der Waals surface area (Å²) < 4.78 is 31.9. The quantitative estimate of drug-likeness (QED) is 0.517. The molecule has 10 heteroatoms. The van der Waals surface area contributed by atoms with Gasteiger partial charge in [0.25, 0.3) is 0 Å².